The molecule has 2 unspecified atom stereocenters. The highest BCUT2D eigenvalue weighted by Crippen LogP contribution is 2.14. The number of urea groups is 1. The highest BCUT2D eigenvalue weighted by atomic mass is 16.4. The Morgan fingerprint density at radius 1 is 1.16 bits per heavy atom. The van der Waals surface area contributed by atoms with Crippen LogP contribution < -0.4 is 10.6 Å². The Kier molecular flexibility index (Phi) is 9.94. The molecule has 0 rings (SSSR count). The molecule has 112 valence electrons. The Balaban J connectivity index is 3.74. The SMILES string of the molecule is CCCC(C)NC(=O)NCCC(CC)CCC(=O)O. The van der Waals surface area contributed by atoms with Gasteiger partial charge in [-0.15, -0.1) is 0 Å². The van der Waals surface area contributed by atoms with Crippen LogP contribution in [0.15, 0.2) is 0 Å². The van der Waals surface area contributed by atoms with Crippen LogP contribution in [0.2, 0.25) is 0 Å². The van der Waals surface area contributed by atoms with Crippen molar-refractivity contribution in [2.45, 2.75) is 65.3 Å². The van der Waals surface area contributed by atoms with E-state index in [2.05, 4.69) is 24.5 Å². The van der Waals surface area contributed by atoms with Crippen LogP contribution in [-0.4, -0.2) is 29.7 Å². The van der Waals surface area contributed by atoms with Crippen LogP contribution in [0.3, 0.4) is 0 Å². The molecule has 2 atom stereocenters. The van der Waals surface area contributed by atoms with Crippen LogP contribution in [0.4, 0.5) is 4.79 Å². The number of amides is 2. The highest BCUT2D eigenvalue weighted by molar-refractivity contribution is 5.74. The lowest BCUT2D eigenvalue weighted by Gasteiger charge is -2.16. The van der Waals surface area contributed by atoms with Gasteiger partial charge in [-0.3, -0.25) is 4.79 Å². The minimum Gasteiger partial charge on any atom is -0.481 e. The van der Waals surface area contributed by atoms with Crippen LogP contribution in [-0.2, 0) is 4.79 Å². The predicted molar refractivity (Wildman–Crippen MR) is 76.2 cm³/mol. The van der Waals surface area contributed by atoms with E-state index < -0.39 is 5.97 Å². The molecule has 0 aromatic rings. The predicted octanol–water partition coefficient (Wildman–Crippen LogP) is 2.76. The maximum Gasteiger partial charge on any atom is 0.314 e. The summed E-state index contributed by atoms with van der Waals surface area (Å²) in [5.41, 5.74) is 0. The van der Waals surface area contributed by atoms with E-state index in [1.54, 1.807) is 0 Å². The number of hydrogen-bond acceptors (Lipinski definition) is 2. The first kappa shape index (κ1) is 17.7. The molecule has 2 amide bonds. The monoisotopic (exact) mass is 272 g/mol. The summed E-state index contributed by atoms with van der Waals surface area (Å²) in [6.45, 7) is 6.73. The molecule has 0 aliphatic carbocycles. The van der Waals surface area contributed by atoms with Crippen molar-refractivity contribution in [2.75, 3.05) is 6.54 Å². The second-order valence-corrected chi connectivity index (χ2v) is 5.09. The molecular weight excluding hydrogens is 244 g/mol. The summed E-state index contributed by atoms with van der Waals surface area (Å²) in [5.74, 6) is -0.387. The van der Waals surface area contributed by atoms with Gasteiger partial charge in [0.25, 0.3) is 0 Å². The van der Waals surface area contributed by atoms with Crippen LogP contribution in [0, 0.1) is 5.92 Å². The Labute approximate surface area is 116 Å². The molecule has 0 aromatic carbocycles. The summed E-state index contributed by atoms with van der Waals surface area (Å²) in [4.78, 5) is 22.1. The quantitative estimate of drug-likeness (QED) is 0.572. The first-order valence-electron chi connectivity index (χ1n) is 7.25. The summed E-state index contributed by atoms with van der Waals surface area (Å²) in [5, 5.41) is 14.3. The van der Waals surface area contributed by atoms with E-state index in [1.807, 2.05) is 6.92 Å². The number of carbonyl (C=O) groups is 2. The number of hydrogen-bond donors (Lipinski definition) is 3. The van der Waals surface area contributed by atoms with Crippen LogP contribution in [0.25, 0.3) is 0 Å². The molecule has 0 spiro atoms. The Morgan fingerprint density at radius 3 is 2.37 bits per heavy atom. The normalized spacial score (nSPS) is 13.6. The van der Waals surface area contributed by atoms with Crippen molar-refractivity contribution >= 4 is 12.0 Å². The van der Waals surface area contributed by atoms with Crippen molar-refractivity contribution in [1.29, 1.82) is 0 Å². The first-order valence-corrected chi connectivity index (χ1v) is 7.25. The molecule has 0 fully saturated rings. The molecule has 3 N–H and O–H groups in total. The van der Waals surface area contributed by atoms with E-state index in [0.717, 1.165) is 25.7 Å². The van der Waals surface area contributed by atoms with Gasteiger partial charge < -0.3 is 15.7 Å². The average Bonchev–Trinajstić information content (AvgIpc) is 2.33. The second-order valence-electron chi connectivity index (χ2n) is 5.09. The number of carboxylic acids is 1. The molecule has 5 nitrogen and oxygen atoms in total. The van der Waals surface area contributed by atoms with Crippen molar-refractivity contribution in [1.82, 2.24) is 10.6 Å². The molecule has 0 aromatic heterocycles. The van der Waals surface area contributed by atoms with Crippen molar-refractivity contribution in [3.05, 3.63) is 0 Å². The van der Waals surface area contributed by atoms with Crippen molar-refractivity contribution in [3.8, 4) is 0 Å². The zero-order valence-electron chi connectivity index (χ0n) is 12.4. The smallest absolute Gasteiger partial charge is 0.314 e. The van der Waals surface area contributed by atoms with Gasteiger partial charge in [-0.1, -0.05) is 26.7 Å². The Morgan fingerprint density at radius 2 is 1.84 bits per heavy atom. The second kappa shape index (κ2) is 10.6. The molecule has 0 radical (unpaired) electrons. The molecule has 5 heteroatoms. The third kappa shape index (κ3) is 10.4. The lowest BCUT2D eigenvalue weighted by Crippen LogP contribution is -2.41. The van der Waals surface area contributed by atoms with E-state index in [1.165, 1.54) is 0 Å². The number of carboxylic acid groups (broad SMARTS) is 1. The van der Waals surface area contributed by atoms with Crippen LogP contribution >= 0.6 is 0 Å². The van der Waals surface area contributed by atoms with Gasteiger partial charge in [-0.25, -0.2) is 4.79 Å². The van der Waals surface area contributed by atoms with Crippen molar-refractivity contribution in [3.63, 3.8) is 0 Å². The maximum atomic E-state index is 11.5. The van der Waals surface area contributed by atoms with Gasteiger partial charge >= 0.3 is 12.0 Å². The number of rotatable bonds is 10. The summed E-state index contributed by atoms with van der Waals surface area (Å²) in [6, 6.07) is 0.0630. The zero-order valence-corrected chi connectivity index (χ0v) is 12.4. The minimum atomic E-state index is -0.752. The molecular formula is C14H28N2O3. The topological polar surface area (TPSA) is 78.4 Å². The van der Waals surface area contributed by atoms with E-state index >= 15 is 0 Å². The summed E-state index contributed by atoms with van der Waals surface area (Å²) in [6.07, 6.45) is 4.69. The van der Waals surface area contributed by atoms with Gasteiger partial charge in [0.1, 0.15) is 0 Å². The van der Waals surface area contributed by atoms with Gasteiger partial charge in [-0.05, 0) is 32.1 Å². The molecule has 0 bridgehead atoms. The molecule has 0 heterocycles. The fourth-order valence-corrected chi connectivity index (χ4v) is 2.05. The van der Waals surface area contributed by atoms with Crippen LogP contribution in [0.1, 0.15) is 59.3 Å². The molecule has 0 aliphatic heterocycles. The Hall–Kier alpha value is -1.26. The summed E-state index contributed by atoms with van der Waals surface area (Å²) < 4.78 is 0. The number of aliphatic carboxylic acids is 1. The summed E-state index contributed by atoms with van der Waals surface area (Å²) in [7, 11) is 0. The van der Waals surface area contributed by atoms with Gasteiger partial charge in [0.05, 0.1) is 0 Å². The molecule has 0 aliphatic rings. The fraction of sp³-hybridized carbons (Fsp3) is 0.857. The minimum absolute atomic E-state index is 0.131. The average molecular weight is 272 g/mol. The van der Waals surface area contributed by atoms with Crippen molar-refractivity contribution in [2.24, 2.45) is 5.92 Å². The number of nitrogens with one attached hydrogen (secondary N) is 2. The van der Waals surface area contributed by atoms with E-state index in [9.17, 15) is 9.59 Å². The maximum absolute atomic E-state index is 11.5. The van der Waals surface area contributed by atoms with Gasteiger partial charge in [0, 0.05) is 19.0 Å². The first-order chi connectivity index (χ1) is 8.99. The van der Waals surface area contributed by atoms with E-state index in [4.69, 9.17) is 5.11 Å². The molecule has 0 saturated heterocycles. The standard InChI is InChI=1S/C14H28N2O3/c1-4-6-11(3)16-14(19)15-10-9-12(5-2)7-8-13(17)18/h11-12H,4-10H2,1-3H3,(H,17,18)(H2,15,16,19). The fourth-order valence-electron chi connectivity index (χ4n) is 2.05. The third-order valence-electron chi connectivity index (χ3n) is 3.28. The number of carbonyl (C=O) groups excluding carboxylic acids is 1. The van der Waals surface area contributed by atoms with Gasteiger partial charge in [-0.2, -0.15) is 0 Å². The van der Waals surface area contributed by atoms with Gasteiger partial charge in [0.2, 0.25) is 0 Å². The Bertz CT molecular complexity index is 269. The molecule has 19 heavy (non-hydrogen) atoms. The highest BCUT2D eigenvalue weighted by Gasteiger charge is 2.10. The summed E-state index contributed by atoms with van der Waals surface area (Å²) >= 11 is 0. The molecule has 0 saturated carbocycles. The zero-order chi connectivity index (χ0) is 14.7. The third-order valence-corrected chi connectivity index (χ3v) is 3.28. The van der Waals surface area contributed by atoms with E-state index in [-0.39, 0.29) is 18.5 Å². The lowest BCUT2D eigenvalue weighted by molar-refractivity contribution is -0.137. The largest absolute Gasteiger partial charge is 0.481 e. The van der Waals surface area contributed by atoms with Gasteiger partial charge in [0.15, 0.2) is 0 Å². The van der Waals surface area contributed by atoms with Crippen LogP contribution in [0.5, 0.6) is 0 Å². The van der Waals surface area contributed by atoms with E-state index in [0.29, 0.717) is 18.9 Å². The lowest BCUT2D eigenvalue weighted by atomic mass is 9.97. The van der Waals surface area contributed by atoms with Crippen molar-refractivity contribution < 1.29 is 14.7 Å².